The fourth-order valence-electron chi connectivity index (χ4n) is 2.39. The lowest BCUT2D eigenvalue weighted by Crippen LogP contribution is -2.15. The van der Waals surface area contributed by atoms with E-state index in [1.165, 1.54) is 14.2 Å². The SMILES string of the molecule is COc1ccccc1C(=O)Nc1nnc(NC(=O)c2ccccc2OC)[nH]1. The van der Waals surface area contributed by atoms with Gasteiger partial charge in [-0.25, -0.2) is 0 Å². The van der Waals surface area contributed by atoms with Crippen molar-refractivity contribution in [3.63, 3.8) is 0 Å². The summed E-state index contributed by atoms with van der Waals surface area (Å²) < 4.78 is 10.3. The number of nitrogens with one attached hydrogen (secondary N) is 3. The number of benzene rings is 2. The zero-order valence-electron chi connectivity index (χ0n) is 14.6. The molecule has 2 amide bonds. The zero-order chi connectivity index (χ0) is 19.2. The average molecular weight is 367 g/mol. The molecule has 0 spiro atoms. The molecule has 3 N–H and O–H groups in total. The van der Waals surface area contributed by atoms with Gasteiger partial charge in [0.15, 0.2) is 0 Å². The lowest BCUT2D eigenvalue weighted by Gasteiger charge is -2.07. The van der Waals surface area contributed by atoms with Crippen LogP contribution in [0.3, 0.4) is 0 Å². The Balaban J connectivity index is 1.70. The second kappa shape index (κ2) is 8.00. The Morgan fingerprint density at radius 2 is 1.19 bits per heavy atom. The molecule has 3 aromatic rings. The maximum atomic E-state index is 12.3. The fraction of sp³-hybridized carbons (Fsp3) is 0.111. The number of para-hydroxylation sites is 2. The van der Waals surface area contributed by atoms with Gasteiger partial charge in [-0.05, 0) is 24.3 Å². The maximum absolute atomic E-state index is 12.3. The normalized spacial score (nSPS) is 10.1. The number of hydrogen-bond acceptors (Lipinski definition) is 6. The summed E-state index contributed by atoms with van der Waals surface area (Å²) in [5.74, 6) is 0.179. The molecule has 0 unspecified atom stereocenters. The molecular weight excluding hydrogens is 350 g/mol. The number of aromatic nitrogens is 3. The van der Waals surface area contributed by atoms with E-state index in [0.29, 0.717) is 22.6 Å². The molecule has 2 aromatic carbocycles. The minimum absolute atomic E-state index is 0.0845. The van der Waals surface area contributed by atoms with Crippen LogP contribution in [0.25, 0.3) is 0 Å². The molecule has 27 heavy (non-hydrogen) atoms. The number of amides is 2. The molecular formula is C18H17N5O4. The first-order valence-corrected chi connectivity index (χ1v) is 7.93. The van der Waals surface area contributed by atoms with E-state index >= 15 is 0 Å². The van der Waals surface area contributed by atoms with Crippen LogP contribution in [0.15, 0.2) is 48.5 Å². The molecule has 0 saturated heterocycles. The quantitative estimate of drug-likeness (QED) is 0.615. The van der Waals surface area contributed by atoms with Gasteiger partial charge in [-0.1, -0.05) is 24.3 Å². The summed E-state index contributed by atoms with van der Waals surface area (Å²) in [5.41, 5.74) is 0.687. The number of H-pyrrole nitrogens is 1. The number of hydrogen-bond donors (Lipinski definition) is 3. The number of carbonyl (C=O) groups is 2. The van der Waals surface area contributed by atoms with Gasteiger partial charge >= 0.3 is 0 Å². The second-order valence-electron chi connectivity index (χ2n) is 5.33. The Labute approximate surface area is 154 Å². The third-order valence-electron chi connectivity index (χ3n) is 3.65. The van der Waals surface area contributed by atoms with Crippen LogP contribution in [0, 0.1) is 0 Å². The zero-order valence-corrected chi connectivity index (χ0v) is 14.6. The molecule has 0 fully saturated rings. The van der Waals surface area contributed by atoms with E-state index in [0.717, 1.165) is 0 Å². The van der Waals surface area contributed by atoms with Gasteiger partial charge in [0.25, 0.3) is 11.8 Å². The molecule has 0 aliphatic carbocycles. The molecule has 0 aliphatic rings. The third-order valence-corrected chi connectivity index (χ3v) is 3.65. The van der Waals surface area contributed by atoms with Crippen molar-refractivity contribution in [3.05, 3.63) is 59.7 Å². The first kappa shape index (κ1) is 17.9. The molecule has 1 heterocycles. The monoisotopic (exact) mass is 367 g/mol. The summed E-state index contributed by atoms with van der Waals surface area (Å²) in [4.78, 5) is 27.4. The standard InChI is InChI=1S/C18H17N5O4/c1-26-13-9-5-3-7-11(13)15(24)19-17-21-18(23-22-17)20-16(25)12-8-4-6-10-14(12)27-2/h3-10H,1-2H3,(H3,19,20,21,22,23,24,25). The van der Waals surface area contributed by atoms with Gasteiger partial charge in [0.2, 0.25) is 11.9 Å². The molecule has 138 valence electrons. The topological polar surface area (TPSA) is 118 Å². The van der Waals surface area contributed by atoms with Gasteiger partial charge in [0, 0.05) is 0 Å². The molecule has 3 rings (SSSR count). The van der Waals surface area contributed by atoms with E-state index < -0.39 is 11.8 Å². The number of anilines is 2. The van der Waals surface area contributed by atoms with Gasteiger partial charge in [0.1, 0.15) is 11.5 Å². The van der Waals surface area contributed by atoms with Crippen molar-refractivity contribution in [3.8, 4) is 11.5 Å². The van der Waals surface area contributed by atoms with E-state index in [9.17, 15) is 9.59 Å². The average Bonchev–Trinajstić information content (AvgIpc) is 3.14. The Morgan fingerprint density at radius 1 is 0.778 bits per heavy atom. The molecule has 0 atom stereocenters. The van der Waals surface area contributed by atoms with Crippen LogP contribution in [0.4, 0.5) is 11.9 Å². The molecule has 1 aromatic heterocycles. The summed E-state index contributed by atoms with van der Waals surface area (Å²) in [6.07, 6.45) is 0. The van der Waals surface area contributed by atoms with E-state index in [4.69, 9.17) is 9.47 Å². The number of aromatic amines is 1. The van der Waals surface area contributed by atoms with E-state index in [1.807, 2.05) is 0 Å². The fourth-order valence-corrected chi connectivity index (χ4v) is 2.39. The van der Waals surface area contributed by atoms with Crippen LogP contribution in [-0.4, -0.2) is 41.2 Å². The van der Waals surface area contributed by atoms with E-state index in [2.05, 4.69) is 25.8 Å². The Morgan fingerprint density at radius 3 is 1.59 bits per heavy atom. The highest BCUT2D eigenvalue weighted by molar-refractivity contribution is 6.06. The lowest BCUT2D eigenvalue weighted by molar-refractivity contribution is 0.101. The van der Waals surface area contributed by atoms with Crippen LogP contribution in [0.1, 0.15) is 20.7 Å². The van der Waals surface area contributed by atoms with Crippen LogP contribution < -0.4 is 20.1 Å². The van der Waals surface area contributed by atoms with Gasteiger partial charge < -0.3 is 9.47 Å². The largest absolute Gasteiger partial charge is 0.496 e. The number of rotatable bonds is 6. The molecule has 9 nitrogen and oxygen atoms in total. The van der Waals surface area contributed by atoms with Gasteiger partial charge in [-0.2, -0.15) is 0 Å². The van der Waals surface area contributed by atoms with Crippen LogP contribution in [0.5, 0.6) is 11.5 Å². The third kappa shape index (κ3) is 4.03. The van der Waals surface area contributed by atoms with Crippen LogP contribution >= 0.6 is 0 Å². The minimum Gasteiger partial charge on any atom is -0.496 e. The Bertz CT molecular complexity index is 894. The maximum Gasteiger partial charge on any atom is 0.261 e. The van der Waals surface area contributed by atoms with Gasteiger partial charge in [0.05, 0.1) is 25.3 Å². The van der Waals surface area contributed by atoms with Crippen molar-refractivity contribution in [1.29, 1.82) is 0 Å². The van der Waals surface area contributed by atoms with Crippen molar-refractivity contribution in [1.82, 2.24) is 15.2 Å². The van der Waals surface area contributed by atoms with E-state index in [-0.39, 0.29) is 11.9 Å². The van der Waals surface area contributed by atoms with E-state index in [1.54, 1.807) is 48.5 Å². The van der Waals surface area contributed by atoms with Crippen molar-refractivity contribution < 1.29 is 19.1 Å². The summed E-state index contributed by atoms with van der Waals surface area (Å²) >= 11 is 0. The first-order valence-electron chi connectivity index (χ1n) is 7.93. The Hall–Kier alpha value is -3.88. The number of carbonyl (C=O) groups excluding carboxylic acids is 2. The lowest BCUT2D eigenvalue weighted by atomic mass is 10.2. The molecule has 0 aliphatic heterocycles. The van der Waals surface area contributed by atoms with Crippen molar-refractivity contribution >= 4 is 23.7 Å². The predicted molar refractivity (Wildman–Crippen MR) is 98.3 cm³/mol. The summed E-state index contributed by atoms with van der Waals surface area (Å²) in [6.45, 7) is 0. The summed E-state index contributed by atoms with van der Waals surface area (Å²) in [6, 6.07) is 13.5. The van der Waals surface area contributed by atoms with Crippen molar-refractivity contribution in [2.75, 3.05) is 24.9 Å². The highest BCUT2D eigenvalue weighted by Crippen LogP contribution is 2.20. The molecule has 0 saturated carbocycles. The number of nitrogens with zero attached hydrogens (tertiary/aromatic N) is 2. The second-order valence-corrected chi connectivity index (χ2v) is 5.33. The summed E-state index contributed by atoms with van der Waals surface area (Å²) in [7, 11) is 2.96. The summed E-state index contributed by atoms with van der Waals surface area (Å²) in [5, 5.41) is 12.7. The van der Waals surface area contributed by atoms with Crippen LogP contribution in [-0.2, 0) is 0 Å². The minimum atomic E-state index is -0.425. The van der Waals surface area contributed by atoms with Gasteiger partial charge in [-0.3, -0.25) is 25.2 Å². The van der Waals surface area contributed by atoms with Crippen molar-refractivity contribution in [2.24, 2.45) is 0 Å². The van der Waals surface area contributed by atoms with Crippen LogP contribution in [0.2, 0.25) is 0 Å². The Kier molecular flexibility index (Phi) is 5.31. The highest BCUT2D eigenvalue weighted by atomic mass is 16.5. The molecule has 0 bridgehead atoms. The smallest absolute Gasteiger partial charge is 0.261 e. The van der Waals surface area contributed by atoms with Crippen molar-refractivity contribution in [2.45, 2.75) is 0 Å². The van der Waals surface area contributed by atoms with Gasteiger partial charge in [-0.15, -0.1) is 10.2 Å². The predicted octanol–water partition coefficient (Wildman–Crippen LogP) is 2.33. The molecule has 9 heteroatoms. The molecule has 0 radical (unpaired) electrons. The number of ether oxygens (including phenoxy) is 2. The highest BCUT2D eigenvalue weighted by Gasteiger charge is 2.16. The first-order chi connectivity index (χ1) is 13.1. The number of methoxy groups -OCH3 is 2.